The smallest absolute Gasteiger partial charge is 0.223 e. The third-order valence-electron chi connectivity index (χ3n) is 6.17. The Kier molecular flexibility index (Phi) is 8.53. The fourth-order valence-corrected chi connectivity index (χ4v) is 4.16. The normalized spacial score (nSPS) is 14.8. The van der Waals surface area contributed by atoms with Gasteiger partial charge in [-0.25, -0.2) is 0 Å². The molecule has 0 radical (unpaired) electrons. The Labute approximate surface area is 207 Å². The summed E-state index contributed by atoms with van der Waals surface area (Å²) in [5, 5.41) is 8.14. The molecule has 7 heteroatoms. The molecule has 2 heterocycles. The van der Waals surface area contributed by atoms with Gasteiger partial charge in [0.1, 0.15) is 12.4 Å². The maximum atomic E-state index is 13.1. The van der Waals surface area contributed by atoms with Crippen LogP contribution in [0, 0.1) is 0 Å². The number of carbonyl (C=O) groups excluding carboxylic acids is 1. The summed E-state index contributed by atoms with van der Waals surface area (Å²) < 4.78 is 17.5. The quantitative estimate of drug-likeness (QED) is 0.529. The van der Waals surface area contributed by atoms with E-state index < -0.39 is 0 Å². The minimum absolute atomic E-state index is 0.0459. The fourth-order valence-electron chi connectivity index (χ4n) is 4.16. The fraction of sp³-hybridized carbons (Fsp3) is 0.464. The van der Waals surface area contributed by atoms with Crippen LogP contribution in [0.25, 0.3) is 0 Å². The summed E-state index contributed by atoms with van der Waals surface area (Å²) >= 11 is 0. The van der Waals surface area contributed by atoms with Gasteiger partial charge in [-0.2, -0.15) is 0 Å². The van der Waals surface area contributed by atoms with Crippen molar-refractivity contribution in [2.45, 2.75) is 58.9 Å². The first-order valence-corrected chi connectivity index (χ1v) is 12.5. The predicted octanol–water partition coefficient (Wildman–Crippen LogP) is 4.72. The van der Waals surface area contributed by atoms with Crippen LogP contribution in [0.15, 0.2) is 46.9 Å². The van der Waals surface area contributed by atoms with E-state index >= 15 is 0 Å². The van der Waals surface area contributed by atoms with E-state index in [0.29, 0.717) is 57.5 Å². The lowest BCUT2D eigenvalue weighted by Crippen LogP contribution is -2.34. The summed E-state index contributed by atoms with van der Waals surface area (Å²) in [6.07, 6.45) is 2.51. The highest BCUT2D eigenvalue weighted by atomic mass is 16.5. The zero-order valence-electron chi connectivity index (χ0n) is 21.0. The number of amides is 1. The standard InChI is InChI=1S/C28H35N3O4/c1-4-21-8-9-25-24(17-21)18-22-6-5-7-23(16-22)19-31(12-13-33-14-15-34-25)27(32)11-10-26-29-30-28(35-26)20(2)3/h5-9,16-17,20H,4,10-15,18-19H2,1-3H3. The van der Waals surface area contributed by atoms with Crippen molar-refractivity contribution in [1.29, 1.82) is 0 Å². The second-order valence-electron chi connectivity index (χ2n) is 9.26. The molecule has 0 saturated heterocycles. The van der Waals surface area contributed by atoms with Crippen LogP contribution >= 0.6 is 0 Å². The van der Waals surface area contributed by atoms with Crippen LogP contribution in [0.3, 0.4) is 0 Å². The van der Waals surface area contributed by atoms with Crippen LogP contribution in [-0.2, 0) is 35.3 Å². The zero-order valence-corrected chi connectivity index (χ0v) is 21.0. The minimum atomic E-state index is 0.0459. The molecule has 0 N–H and O–H groups in total. The highest BCUT2D eigenvalue weighted by Crippen LogP contribution is 2.25. The van der Waals surface area contributed by atoms with Gasteiger partial charge in [-0.15, -0.1) is 10.2 Å². The third-order valence-corrected chi connectivity index (χ3v) is 6.17. The van der Waals surface area contributed by atoms with E-state index in [4.69, 9.17) is 13.9 Å². The van der Waals surface area contributed by atoms with E-state index in [0.717, 1.165) is 24.2 Å². The van der Waals surface area contributed by atoms with Gasteiger partial charge in [0.25, 0.3) is 0 Å². The van der Waals surface area contributed by atoms with Crippen LogP contribution in [0.2, 0.25) is 0 Å². The average molecular weight is 478 g/mol. The lowest BCUT2D eigenvalue weighted by molar-refractivity contribution is -0.132. The number of aryl methyl sites for hydroxylation is 2. The molecular weight excluding hydrogens is 442 g/mol. The Morgan fingerprint density at radius 1 is 1.06 bits per heavy atom. The second kappa shape index (κ2) is 12.0. The van der Waals surface area contributed by atoms with Crippen molar-refractivity contribution in [3.05, 3.63) is 76.5 Å². The molecule has 7 nitrogen and oxygen atoms in total. The first-order valence-electron chi connectivity index (χ1n) is 12.5. The Hall–Kier alpha value is -3.19. The summed E-state index contributed by atoms with van der Waals surface area (Å²) in [6, 6.07) is 14.9. The molecule has 186 valence electrons. The molecule has 2 bridgehead atoms. The highest BCUT2D eigenvalue weighted by Gasteiger charge is 2.18. The molecule has 0 saturated carbocycles. The van der Waals surface area contributed by atoms with Crippen molar-refractivity contribution in [1.82, 2.24) is 15.1 Å². The van der Waals surface area contributed by atoms with Gasteiger partial charge < -0.3 is 18.8 Å². The molecule has 2 aromatic carbocycles. The Bertz CT molecular complexity index is 1120. The molecule has 1 aromatic heterocycles. The van der Waals surface area contributed by atoms with Gasteiger partial charge in [-0.05, 0) is 34.7 Å². The number of aromatic nitrogens is 2. The van der Waals surface area contributed by atoms with Crippen LogP contribution < -0.4 is 4.74 Å². The van der Waals surface area contributed by atoms with Crippen LogP contribution in [0.5, 0.6) is 5.75 Å². The SMILES string of the molecule is CCc1ccc2c(c1)Cc1cccc(c1)CN(C(=O)CCc1nnc(C(C)C)o1)CCOCCO2. The van der Waals surface area contributed by atoms with Gasteiger partial charge in [0.05, 0.1) is 13.2 Å². The van der Waals surface area contributed by atoms with Gasteiger partial charge in [-0.1, -0.05) is 57.2 Å². The number of hydrogen-bond donors (Lipinski definition) is 0. The summed E-state index contributed by atoms with van der Waals surface area (Å²) in [5.41, 5.74) is 4.77. The number of carbonyl (C=O) groups is 1. The molecule has 3 aromatic rings. The zero-order chi connectivity index (χ0) is 24.6. The lowest BCUT2D eigenvalue weighted by Gasteiger charge is -2.23. The van der Waals surface area contributed by atoms with E-state index in [9.17, 15) is 4.79 Å². The van der Waals surface area contributed by atoms with E-state index in [-0.39, 0.29) is 11.8 Å². The Morgan fingerprint density at radius 3 is 2.71 bits per heavy atom. The van der Waals surface area contributed by atoms with E-state index in [1.807, 2.05) is 18.7 Å². The van der Waals surface area contributed by atoms with E-state index in [1.54, 1.807) is 0 Å². The van der Waals surface area contributed by atoms with Crippen molar-refractivity contribution < 1.29 is 18.7 Å². The first-order chi connectivity index (χ1) is 17.0. The summed E-state index contributed by atoms with van der Waals surface area (Å²) in [5.74, 6) is 2.23. The largest absolute Gasteiger partial charge is 0.491 e. The van der Waals surface area contributed by atoms with Gasteiger partial charge in [0.2, 0.25) is 17.7 Å². The second-order valence-corrected chi connectivity index (χ2v) is 9.26. The number of nitrogens with zero attached hydrogens (tertiary/aromatic N) is 3. The predicted molar refractivity (Wildman–Crippen MR) is 134 cm³/mol. The molecule has 4 rings (SSSR count). The maximum absolute atomic E-state index is 13.1. The molecular formula is C28H35N3O4. The molecule has 1 aliphatic rings. The third kappa shape index (κ3) is 6.92. The number of ether oxygens (including phenoxy) is 2. The maximum Gasteiger partial charge on any atom is 0.223 e. The molecule has 0 spiro atoms. The minimum Gasteiger partial charge on any atom is -0.491 e. The van der Waals surface area contributed by atoms with Gasteiger partial charge in [0, 0.05) is 38.3 Å². The molecule has 35 heavy (non-hydrogen) atoms. The van der Waals surface area contributed by atoms with Gasteiger partial charge in [-0.3, -0.25) is 4.79 Å². The van der Waals surface area contributed by atoms with Crippen molar-refractivity contribution in [3.63, 3.8) is 0 Å². The molecule has 1 amide bonds. The summed E-state index contributed by atoms with van der Waals surface area (Å²) in [7, 11) is 0. The molecule has 0 fully saturated rings. The Balaban J connectivity index is 1.49. The van der Waals surface area contributed by atoms with Crippen molar-refractivity contribution in [2.75, 3.05) is 26.4 Å². The highest BCUT2D eigenvalue weighted by molar-refractivity contribution is 5.76. The molecule has 1 aliphatic heterocycles. The monoisotopic (exact) mass is 477 g/mol. The first kappa shape index (κ1) is 24.9. The summed E-state index contributed by atoms with van der Waals surface area (Å²) in [6.45, 7) is 8.62. The van der Waals surface area contributed by atoms with Crippen molar-refractivity contribution >= 4 is 5.91 Å². The van der Waals surface area contributed by atoms with E-state index in [2.05, 4.69) is 59.6 Å². The van der Waals surface area contributed by atoms with Crippen molar-refractivity contribution in [3.8, 4) is 5.75 Å². The Morgan fingerprint density at radius 2 is 1.91 bits per heavy atom. The van der Waals surface area contributed by atoms with Gasteiger partial charge in [0.15, 0.2) is 0 Å². The number of fused-ring (bicyclic) bond motifs is 3. The van der Waals surface area contributed by atoms with Gasteiger partial charge >= 0.3 is 0 Å². The molecule has 0 unspecified atom stereocenters. The number of rotatable bonds is 5. The molecule has 0 atom stereocenters. The van der Waals surface area contributed by atoms with Crippen LogP contribution in [-0.4, -0.2) is 47.4 Å². The molecule has 0 aliphatic carbocycles. The van der Waals surface area contributed by atoms with E-state index in [1.165, 1.54) is 16.7 Å². The number of hydrogen-bond acceptors (Lipinski definition) is 6. The lowest BCUT2D eigenvalue weighted by atomic mass is 9.99. The number of benzene rings is 2. The van der Waals surface area contributed by atoms with Crippen LogP contribution in [0.4, 0.5) is 0 Å². The average Bonchev–Trinajstić information content (AvgIpc) is 3.34. The summed E-state index contributed by atoms with van der Waals surface area (Å²) in [4.78, 5) is 15.0. The topological polar surface area (TPSA) is 77.7 Å². The van der Waals surface area contributed by atoms with Crippen LogP contribution in [0.1, 0.15) is 67.1 Å². The van der Waals surface area contributed by atoms with Crippen molar-refractivity contribution in [2.24, 2.45) is 0 Å².